The Morgan fingerprint density at radius 2 is 2.25 bits per heavy atom. The van der Waals surface area contributed by atoms with Crippen LogP contribution < -0.4 is 5.32 Å². The Kier molecular flexibility index (Phi) is 6.82. The number of benzene rings is 1. The molecule has 1 fully saturated rings. The van der Waals surface area contributed by atoms with Crippen molar-refractivity contribution >= 4 is 27.5 Å². The van der Waals surface area contributed by atoms with Crippen molar-refractivity contribution in [2.75, 3.05) is 19.6 Å². The van der Waals surface area contributed by atoms with Crippen molar-refractivity contribution in [3.05, 3.63) is 33.3 Å². The van der Waals surface area contributed by atoms with E-state index in [1.165, 1.54) is 37.8 Å². The summed E-state index contributed by atoms with van der Waals surface area (Å²) in [5, 5.41) is 4.50. The normalized spacial score (nSPS) is 19.5. The molecule has 2 nitrogen and oxygen atoms in total. The molecule has 0 saturated carbocycles. The van der Waals surface area contributed by atoms with Crippen LogP contribution in [0.3, 0.4) is 0 Å². The summed E-state index contributed by atoms with van der Waals surface area (Å²) in [5.74, 6) is 0. The Labute approximate surface area is 136 Å². The van der Waals surface area contributed by atoms with Crippen LogP contribution in [0.2, 0.25) is 5.02 Å². The second-order valence-corrected chi connectivity index (χ2v) is 6.94. The fourth-order valence-electron chi connectivity index (χ4n) is 2.85. The van der Waals surface area contributed by atoms with E-state index in [-0.39, 0.29) is 0 Å². The van der Waals surface area contributed by atoms with Gasteiger partial charge in [-0.3, -0.25) is 4.90 Å². The molecule has 1 unspecified atom stereocenters. The first-order chi connectivity index (χ1) is 9.69. The molecule has 0 aliphatic carbocycles. The lowest BCUT2D eigenvalue weighted by atomic mass is 10.0. The molecular weight excluding hydrogens is 336 g/mol. The fourth-order valence-corrected chi connectivity index (χ4v) is 3.43. The van der Waals surface area contributed by atoms with Gasteiger partial charge >= 0.3 is 0 Å². The van der Waals surface area contributed by atoms with Crippen molar-refractivity contribution in [1.29, 1.82) is 0 Å². The molecule has 0 amide bonds. The van der Waals surface area contributed by atoms with Gasteiger partial charge < -0.3 is 5.32 Å². The maximum absolute atomic E-state index is 6.32. The van der Waals surface area contributed by atoms with Crippen LogP contribution in [0.25, 0.3) is 0 Å². The summed E-state index contributed by atoms with van der Waals surface area (Å²) in [5.41, 5.74) is 1.21. The van der Waals surface area contributed by atoms with Crippen LogP contribution in [0.4, 0.5) is 0 Å². The second kappa shape index (κ2) is 8.38. The van der Waals surface area contributed by atoms with Crippen molar-refractivity contribution < 1.29 is 0 Å². The molecule has 0 aromatic heterocycles. The zero-order chi connectivity index (χ0) is 14.4. The van der Waals surface area contributed by atoms with E-state index in [2.05, 4.69) is 39.1 Å². The van der Waals surface area contributed by atoms with Crippen LogP contribution in [0.15, 0.2) is 22.7 Å². The molecule has 4 heteroatoms. The molecule has 1 atom stereocenters. The van der Waals surface area contributed by atoms with Gasteiger partial charge in [-0.05, 0) is 56.1 Å². The monoisotopic (exact) mass is 358 g/mol. The van der Waals surface area contributed by atoms with Gasteiger partial charge in [-0.1, -0.05) is 40.9 Å². The van der Waals surface area contributed by atoms with Crippen LogP contribution in [0.5, 0.6) is 0 Å². The van der Waals surface area contributed by atoms with Crippen molar-refractivity contribution in [2.45, 2.75) is 45.2 Å². The van der Waals surface area contributed by atoms with E-state index >= 15 is 0 Å². The van der Waals surface area contributed by atoms with Gasteiger partial charge in [-0.25, -0.2) is 0 Å². The minimum atomic E-state index is 0.640. The highest BCUT2D eigenvalue weighted by Crippen LogP contribution is 2.23. The van der Waals surface area contributed by atoms with Crippen molar-refractivity contribution in [2.24, 2.45) is 0 Å². The Morgan fingerprint density at radius 1 is 1.40 bits per heavy atom. The van der Waals surface area contributed by atoms with Gasteiger partial charge in [0.15, 0.2) is 0 Å². The first-order valence-electron chi connectivity index (χ1n) is 7.58. The molecule has 1 aliphatic rings. The Balaban J connectivity index is 1.98. The SMILES string of the molecule is CCCN(Cc1cc(Br)ccc1Cl)CC1CCCCN1. The van der Waals surface area contributed by atoms with Gasteiger partial charge in [-0.2, -0.15) is 0 Å². The number of nitrogens with one attached hydrogen (secondary N) is 1. The largest absolute Gasteiger partial charge is 0.313 e. The standard InChI is InChI=1S/C16H24BrClN2/c1-2-9-20(12-15-5-3-4-8-19-15)11-13-10-14(17)6-7-16(13)18/h6-7,10,15,19H,2-5,8-9,11-12H2,1H3. The lowest BCUT2D eigenvalue weighted by molar-refractivity contribution is 0.217. The van der Waals surface area contributed by atoms with E-state index in [0.717, 1.165) is 29.1 Å². The summed E-state index contributed by atoms with van der Waals surface area (Å²) in [6.45, 7) is 6.59. The third-order valence-electron chi connectivity index (χ3n) is 3.83. The number of hydrogen-bond acceptors (Lipinski definition) is 2. The predicted octanol–water partition coefficient (Wildman–Crippen LogP) is 4.46. The van der Waals surface area contributed by atoms with Gasteiger partial charge in [0.2, 0.25) is 0 Å². The summed E-state index contributed by atoms with van der Waals surface area (Å²) >= 11 is 9.85. The highest BCUT2D eigenvalue weighted by Gasteiger charge is 2.17. The molecule has 1 aliphatic heterocycles. The minimum Gasteiger partial charge on any atom is -0.313 e. The Morgan fingerprint density at radius 3 is 2.95 bits per heavy atom. The maximum atomic E-state index is 6.32. The van der Waals surface area contributed by atoms with Gasteiger partial charge in [0.1, 0.15) is 0 Å². The summed E-state index contributed by atoms with van der Waals surface area (Å²) in [4.78, 5) is 2.52. The molecule has 1 saturated heterocycles. The van der Waals surface area contributed by atoms with E-state index in [0.29, 0.717) is 6.04 Å². The van der Waals surface area contributed by atoms with E-state index in [1.54, 1.807) is 0 Å². The lowest BCUT2D eigenvalue weighted by Crippen LogP contribution is -2.43. The van der Waals surface area contributed by atoms with Crippen LogP contribution in [0, 0.1) is 0 Å². The minimum absolute atomic E-state index is 0.640. The molecule has 112 valence electrons. The molecule has 1 aromatic rings. The Bertz CT molecular complexity index is 419. The molecular formula is C16H24BrClN2. The van der Waals surface area contributed by atoms with Crippen LogP contribution in [0.1, 0.15) is 38.2 Å². The first kappa shape index (κ1) is 16.3. The summed E-state index contributed by atoms with van der Waals surface area (Å²) in [6.07, 6.45) is 5.15. The average Bonchev–Trinajstić information content (AvgIpc) is 2.44. The third kappa shape index (κ3) is 5.03. The van der Waals surface area contributed by atoms with Crippen molar-refractivity contribution in [1.82, 2.24) is 10.2 Å². The molecule has 1 N–H and O–H groups in total. The summed E-state index contributed by atoms with van der Waals surface area (Å²) in [7, 11) is 0. The molecule has 2 rings (SSSR count). The van der Waals surface area contributed by atoms with Gasteiger partial charge in [0.05, 0.1) is 0 Å². The van der Waals surface area contributed by atoms with Crippen LogP contribution in [-0.4, -0.2) is 30.6 Å². The molecule has 1 heterocycles. The van der Waals surface area contributed by atoms with Crippen molar-refractivity contribution in [3.63, 3.8) is 0 Å². The molecule has 1 aromatic carbocycles. The third-order valence-corrected chi connectivity index (χ3v) is 4.69. The number of rotatable bonds is 6. The van der Waals surface area contributed by atoms with Crippen LogP contribution >= 0.6 is 27.5 Å². The van der Waals surface area contributed by atoms with Gasteiger partial charge in [-0.15, -0.1) is 0 Å². The summed E-state index contributed by atoms with van der Waals surface area (Å²) < 4.78 is 1.10. The van der Waals surface area contributed by atoms with Crippen LogP contribution in [-0.2, 0) is 6.54 Å². The number of halogens is 2. The molecule has 0 bridgehead atoms. The highest BCUT2D eigenvalue weighted by atomic mass is 79.9. The van der Waals surface area contributed by atoms with E-state index in [1.807, 2.05) is 12.1 Å². The second-order valence-electron chi connectivity index (χ2n) is 5.62. The maximum Gasteiger partial charge on any atom is 0.0451 e. The van der Waals surface area contributed by atoms with Gasteiger partial charge in [0, 0.05) is 28.6 Å². The zero-order valence-electron chi connectivity index (χ0n) is 12.2. The van der Waals surface area contributed by atoms with E-state index in [4.69, 9.17) is 11.6 Å². The fraction of sp³-hybridized carbons (Fsp3) is 0.625. The number of piperidine rings is 1. The molecule has 20 heavy (non-hydrogen) atoms. The average molecular weight is 360 g/mol. The summed E-state index contributed by atoms with van der Waals surface area (Å²) in [6, 6.07) is 6.75. The van der Waals surface area contributed by atoms with Crippen molar-refractivity contribution in [3.8, 4) is 0 Å². The van der Waals surface area contributed by atoms with E-state index < -0.39 is 0 Å². The Hall–Kier alpha value is -0.0900. The number of nitrogens with zero attached hydrogens (tertiary/aromatic N) is 1. The number of hydrogen-bond donors (Lipinski definition) is 1. The van der Waals surface area contributed by atoms with Gasteiger partial charge in [0.25, 0.3) is 0 Å². The zero-order valence-corrected chi connectivity index (χ0v) is 14.5. The van der Waals surface area contributed by atoms with E-state index in [9.17, 15) is 0 Å². The quantitative estimate of drug-likeness (QED) is 0.807. The smallest absolute Gasteiger partial charge is 0.0451 e. The topological polar surface area (TPSA) is 15.3 Å². The predicted molar refractivity (Wildman–Crippen MR) is 90.4 cm³/mol. The lowest BCUT2D eigenvalue weighted by Gasteiger charge is -2.30. The highest BCUT2D eigenvalue weighted by molar-refractivity contribution is 9.10. The first-order valence-corrected chi connectivity index (χ1v) is 8.76. The molecule has 0 radical (unpaired) electrons. The molecule has 0 spiro atoms.